The number of thioether (sulfide) groups is 1. The van der Waals surface area contributed by atoms with Crippen molar-refractivity contribution < 1.29 is 4.74 Å². The van der Waals surface area contributed by atoms with E-state index >= 15 is 0 Å². The molecule has 76 valence electrons. The zero-order valence-electron chi connectivity index (χ0n) is 8.32. The highest BCUT2D eigenvalue weighted by Gasteiger charge is 2.19. The summed E-state index contributed by atoms with van der Waals surface area (Å²) in [4.78, 5) is 1.29. The third-order valence-electron chi connectivity index (χ3n) is 2.25. The Morgan fingerprint density at radius 1 is 1.36 bits per heavy atom. The predicted octanol–water partition coefficient (Wildman–Crippen LogP) is 2.50. The molecular weight excluding hydrogens is 194 g/mol. The quantitative estimate of drug-likeness (QED) is 0.594. The molecule has 0 heterocycles. The van der Waals surface area contributed by atoms with E-state index in [1.54, 1.807) is 7.11 Å². The van der Waals surface area contributed by atoms with Crippen LogP contribution in [0.15, 0.2) is 29.2 Å². The van der Waals surface area contributed by atoms with Crippen LogP contribution in [0, 0.1) is 0 Å². The number of rotatable bonds is 5. The molecule has 2 rings (SSSR count). The monoisotopic (exact) mass is 209 g/mol. The average molecular weight is 209 g/mol. The van der Waals surface area contributed by atoms with Gasteiger partial charge in [0.05, 0.1) is 7.11 Å². The molecule has 0 bridgehead atoms. The molecule has 1 fully saturated rings. The summed E-state index contributed by atoms with van der Waals surface area (Å²) >= 11 is 1.84. The van der Waals surface area contributed by atoms with Crippen LogP contribution in [0.2, 0.25) is 0 Å². The van der Waals surface area contributed by atoms with Crippen molar-refractivity contribution in [1.82, 2.24) is 5.32 Å². The van der Waals surface area contributed by atoms with Crippen LogP contribution in [-0.2, 0) is 0 Å². The second-order valence-corrected chi connectivity index (χ2v) is 4.49. The van der Waals surface area contributed by atoms with E-state index in [2.05, 4.69) is 17.4 Å². The zero-order chi connectivity index (χ0) is 9.80. The number of methoxy groups -OCH3 is 1. The van der Waals surface area contributed by atoms with Gasteiger partial charge in [0.25, 0.3) is 0 Å². The Morgan fingerprint density at radius 2 is 2.07 bits per heavy atom. The molecule has 1 aliphatic rings. The molecule has 0 radical (unpaired) electrons. The molecule has 0 aromatic heterocycles. The van der Waals surface area contributed by atoms with Gasteiger partial charge in [-0.3, -0.25) is 0 Å². The largest absolute Gasteiger partial charge is 0.497 e. The molecule has 1 saturated carbocycles. The summed E-state index contributed by atoms with van der Waals surface area (Å²) in [6.45, 7) is 0. The van der Waals surface area contributed by atoms with Crippen LogP contribution >= 0.6 is 11.8 Å². The Bertz CT molecular complexity index is 282. The van der Waals surface area contributed by atoms with Gasteiger partial charge in [-0.05, 0) is 37.1 Å². The molecule has 0 aliphatic heterocycles. The molecule has 1 aliphatic carbocycles. The maximum Gasteiger partial charge on any atom is 0.118 e. The lowest BCUT2D eigenvalue weighted by Crippen LogP contribution is -2.14. The van der Waals surface area contributed by atoms with Gasteiger partial charge in [0.2, 0.25) is 0 Å². The van der Waals surface area contributed by atoms with Crippen molar-refractivity contribution in [3.8, 4) is 5.75 Å². The Morgan fingerprint density at radius 3 is 2.64 bits per heavy atom. The van der Waals surface area contributed by atoms with Crippen LogP contribution in [0.4, 0.5) is 0 Å². The number of hydrogen-bond donors (Lipinski definition) is 1. The highest BCUT2D eigenvalue weighted by atomic mass is 32.2. The minimum atomic E-state index is 0.792. The van der Waals surface area contributed by atoms with Gasteiger partial charge in [-0.15, -0.1) is 11.8 Å². The van der Waals surface area contributed by atoms with Crippen molar-refractivity contribution in [3.63, 3.8) is 0 Å². The molecule has 0 saturated heterocycles. The lowest BCUT2D eigenvalue weighted by molar-refractivity contribution is 0.414. The Balaban J connectivity index is 1.77. The maximum absolute atomic E-state index is 5.10. The summed E-state index contributed by atoms with van der Waals surface area (Å²) in [5.41, 5.74) is 0. The van der Waals surface area contributed by atoms with Crippen LogP contribution in [0.3, 0.4) is 0 Å². The Labute approximate surface area is 89.0 Å². The van der Waals surface area contributed by atoms with Crippen molar-refractivity contribution >= 4 is 11.8 Å². The predicted molar refractivity (Wildman–Crippen MR) is 59.9 cm³/mol. The van der Waals surface area contributed by atoms with Gasteiger partial charge in [-0.2, -0.15) is 0 Å². The van der Waals surface area contributed by atoms with Crippen LogP contribution in [0.25, 0.3) is 0 Å². The molecule has 1 N–H and O–H groups in total. The number of benzene rings is 1. The average Bonchev–Trinajstić information content (AvgIpc) is 3.03. The third kappa shape index (κ3) is 2.93. The molecule has 1 aromatic rings. The second kappa shape index (κ2) is 4.71. The smallest absolute Gasteiger partial charge is 0.118 e. The van der Waals surface area contributed by atoms with Gasteiger partial charge in [0.1, 0.15) is 5.75 Å². The number of ether oxygens (including phenoxy) is 1. The first-order valence-electron chi connectivity index (χ1n) is 4.89. The summed E-state index contributed by atoms with van der Waals surface area (Å²) in [6.07, 6.45) is 2.70. The molecule has 0 amide bonds. The van der Waals surface area contributed by atoms with E-state index in [-0.39, 0.29) is 0 Å². The lowest BCUT2D eigenvalue weighted by atomic mass is 10.3. The first kappa shape index (κ1) is 9.87. The fraction of sp³-hybridized carbons (Fsp3) is 0.455. The summed E-state index contributed by atoms with van der Waals surface area (Å²) in [5.74, 6) is 1.93. The van der Waals surface area contributed by atoms with Crippen molar-refractivity contribution in [2.24, 2.45) is 0 Å². The molecular formula is C11H15NOS. The van der Waals surface area contributed by atoms with E-state index in [9.17, 15) is 0 Å². The van der Waals surface area contributed by atoms with E-state index in [1.807, 2.05) is 23.9 Å². The Kier molecular flexibility index (Phi) is 3.32. The zero-order valence-corrected chi connectivity index (χ0v) is 9.14. The Hall–Kier alpha value is -0.670. The highest BCUT2D eigenvalue weighted by Crippen LogP contribution is 2.23. The van der Waals surface area contributed by atoms with Gasteiger partial charge in [0, 0.05) is 16.8 Å². The van der Waals surface area contributed by atoms with Gasteiger partial charge < -0.3 is 10.1 Å². The van der Waals surface area contributed by atoms with Crippen molar-refractivity contribution in [1.29, 1.82) is 0 Å². The summed E-state index contributed by atoms with van der Waals surface area (Å²) in [7, 11) is 1.69. The van der Waals surface area contributed by atoms with Gasteiger partial charge in [-0.1, -0.05) is 0 Å². The van der Waals surface area contributed by atoms with Crippen LogP contribution in [-0.4, -0.2) is 19.0 Å². The maximum atomic E-state index is 5.10. The van der Waals surface area contributed by atoms with Crippen molar-refractivity contribution in [3.05, 3.63) is 24.3 Å². The van der Waals surface area contributed by atoms with Crippen LogP contribution in [0.1, 0.15) is 12.8 Å². The fourth-order valence-electron chi connectivity index (χ4n) is 1.20. The van der Waals surface area contributed by atoms with Crippen molar-refractivity contribution in [2.75, 3.05) is 13.0 Å². The molecule has 0 unspecified atom stereocenters. The SMILES string of the molecule is COc1ccc(SCNC2CC2)cc1. The second-order valence-electron chi connectivity index (χ2n) is 3.44. The number of nitrogens with one attached hydrogen (secondary N) is 1. The van der Waals surface area contributed by atoms with Crippen LogP contribution in [0.5, 0.6) is 5.75 Å². The molecule has 3 heteroatoms. The van der Waals surface area contributed by atoms with Crippen molar-refractivity contribution in [2.45, 2.75) is 23.8 Å². The van der Waals surface area contributed by atoms with Gasteiger partial charge in [-0.25, -0.2) is 0 Å². The molecule has 2 nitrogen and oxygen atoms in total. The van der Waals surface area contributed by atoms with Gasteiger partial charge in [0.15, 0.2) is 0 Å². The van der Waals surface area contributed by atoms with E-state index < -0.39 is 0 Å². The van der Waals surface area contributed by atoms with E-state index in [0.717, 1.165) is 17.7 Å². The normalized spacial score (nSPS) is 15.5. The summed E-state index contributed by atoms with van der Waals surface area (Å²) in [5, 5.41) is 3.47. The van der Waals surface area contributed by atoms with E-state index in [1.165, 1.54) is 17.7 Å². The first-order chi connectivity index (χ1) is 6.88. The minimum Gasteiger partial charge on any atom is -0.497 e. The van der Waals surface area contributed by atoms with Gasteiger partial charge >= 0.3 is 0 Å². The lowest BCUT2D eigenvalue weighted by Gasteiger charge is -2.04. The number of hydrogen-bond acceptors (Lipinski definition) is 3. The first-order valence-corrected chi connectivity index (χ1v) is 5.87. The van der Waals surface area contributed by atoms with E-state index in [4.69, 9.17) is 4.74 Å². The topological polar surface area (TPSA) is 21.3 Å². The molecule has 0 atom stereocenters. The molecule has 14 heavy (non-hydrogen) atoms. The third-order valence-corrected chi connectivity index (χ3v) is 3.16. The van der Waals surface area contributed by atoms with E-state index in [0.29, 0.717) is 0 Å². The highest BCUT2D eigenvalue weighted by molar-refractivity contribution is 7.99. The molecule has 0 spiro atoms. The summed E-state index contributed by atoms with van der Waals surface area (Å²) < 4.78 is 5.10. The fourth-order valence-corrected chi connectivity index (χ4v) is 2.02. The summed E-state index contributed by atoms with van der Waals surface area (Å²) in [6, 6.07) is 8.98. The minimum absolute atomic E-state index is 0.792. The standard InChI is InChI=1S/C11H15NOS/c1-13-10-4-6-11(7-5-10)14-8-12-9-2-3-9/h4-7,9,12H,2-3,8H2,1H3. The van der Waals surface area contributed by atoms with Crippen LogP contribution < -0.4 is 10.1 Å². The molecule has 1 aromatic carbocycles.